The van der Waals surface area contributed by atoms with Crippen LogP contribution in [0.4, 0.5) is 5.69 Å². The van der Waals surface area contributed by atoms with E-state index in [1.54, 1.807) is 18.2 Å². The van der Waals surface area contributed by atoms with E-state index in [4.69, 9.17) is 34.8 Å². The minimum atomic E-state index is -0.268. The van der Waals surface area contributed by atoms with Crippen molar-refractivity contribution in [3.63, 3.8) is 0 Å². The molecule has 2 rings (SSSR count). The molecule has 0 amide bonds. The molecule has 0 fully saturated rings. The second kappa shape index (κ2) is 5.89. The zero-order valence-corrected chi connectivity index (χ0v) is 11.9. The average molecular weight is 322 g/mol. The smallest absolute Gasteiger partial charge is 0.223 e. The zero-order valence-electron chi connectivity index (χ0n) is 8.84. The molecule has 0 saturated heterocycles. The topological polar surface area (TPSA) is 44.9 Å². The maximum Gasteiger partial charge on any atom is 0.223 e. The number of aromatic amines is 1. The Labute approximate surface area is 123 Å². The molecular formula is C11H7Cl3N2OS. The van der Waals surface area contributed by atoms with Gasteiger partial charge in [-0.25, -0.2) is 0 Å². The standard InChI is InChI=1S/C11H7Cl3N2OS/c12-6-1-7(13)3-8(2-6)18-16-10-5-15-4-9(14)11(10)17/h1-5,16H,(H,15,17). The van der Waals surface area contributed by atoms with Gasteiger partial charge < -0.3 is 9.71 Å². The molecule has 94 valence electrons. The number of rotatable bonds is 3. The summed E-state index contributed by atoms with van der Waals surface area (Å²) in [7, 11) is 0. The van der Waals surface area contributed by atoms with Crippen molar-refractivity contribution >= 4 is 52.4 Å². The van der Waals surface area contributed by atoms with Gasteiger partial charge >= 0.3 is 0 Å². The van der Waals surface area contributed by atoms with Crippen LogP contribution in [-0.4, -0.2) is 4.98 Å². The van der Waals surface area contributed by atoms with Gasteiger partial charge in [0, 0.05) is 27.3 Å². The lowest BCUT2D eigenvalue weighted by Crippen LogP contribution is -2.07. The van der Waals surface area contributed by atoms with Gasteiger partial charge in [-0.1, -0.05) is 34.8 Å². The summed E-state index contributed by atoms with van der Waals surface area (Å²) in [5, 5.41) is 1.20. The minimum Gasteiger partial charge on any atom is -0.364 e. The van der Waals surface area contributed by atoms with Crippen molar-refractivity contribution in [2.45, 2.75) is 4.90 Å². The van der Waals surface area contributed by atoms with Gasteiger partial charge in [0.2, 0.25) is 5.43 Å². The van der Waals surface area contributed by atoms with Gasteiger partial charge in [0.15, 0.2) is 0 Å². The molecule has 0 aliphatic heterocycles. The van der Waals surface area contributed by atoms with Gasteiger partial charge in [-0.2, -0.15) is 0 Å². The Morgan fingerprint density at radius 1 is 1.06 bits per heavy atom. The highest BCUT2D eigenvalue weighted by atomic mass is 35.5. The number of H-pyrrole nitrogens is 1. The zero-order chi connectivity index (χ0) is 13.1. The highest BCUT2D eigenvalue weighted by Gasteiger charge is 2.04. The monoisotopic (exact) mass is 320 g/mol. The van der Waals surface area contributed by atoms with Crippen LogP contribution in [0, 0.1) is 0 Å². The van der Waals surface area contributed by atoms with Crippen molar-refractivity contribution in [1.29, 1.82) is 0 Å². The third kappa shape index (κ3) is 3.36. The molecular weight excluding hydrogens is 315 g/mol. The molecule has 0 bridgehead atoms. The van der Waals surface area contributed by atoms with Crippen LogP contribution >= 0.6 is 46.8 Å². The number of hydrogen-bond acceptors (Lipinski definition) is 3. The quantitative estimate of drug-likeness (QED) is 0.821. The summed E-state index contributed by atoms with van der Waals surface area (Å²) < 4.78 is 2.90. The van der Waals surface area contributed by atoms with Gasteiger partial charge in [0.05, 0.1) is 0 Å². The van der Waals surface area contributed by atoms with Gasteiger partial charge in [-0.3, -0.25) is 4.79 Å². The molecule has 0 aliphatic carbocycles. The summed E-state index contributed by atoms with van der Waals surface area (Å²) in [4.78, 5) is 15.2. The van der Waals surface area contributed by atoms with E-state index in [-0.39, 0.29) is 10.5 Å². The van der Waals surface area contributed by atoms with Crippen molar-refractivity contribution < 1.29 is 0 Å². The van der Waals surface area contributed by atoms with Crippen LogP contribution in [0.3, 0.4) is 0 Å². The van der Waals surface area contributed by atoms with E-state index in [0.717, 1.165) is 4.90 Å². The number of aromatic nitrogens is 1. The fourth-order valence-electron chi connectivity index (χ4n) is 1.24. The Morgan fingerprint density at radius 3 is 2.39 bits per heavy atom. The van der Waals surface area contributed by atoms with Crippen LogP contribution in [0.25, 0.3) is 0 Å². The van der Waals surface area contributed by atoms with Crippen molar-refractivity contribution in [2.24, 2.45) is 0 Å². The van der Waals surface area contributed by atoms with E-state index >= 15 is 0 Å². The van der Waals surface area contributed by atoms with Crippen LogP contribution in [-0.2, 0) is 0 Å². The molecule has 0 atom stereocenters. The van der Waals surface area contributed by atoms with Crippen LogP contribution in [0.1, 0.15) is 0 Å². The predicted octanol–water partition coefficient (Wildman–Crippen LogP) is 4.45. The average Bonchev–Trinajstić information content (AvgIpc) is 2.30. The first-order chi connectivity index (χ1) is 8.56. The maximum absolute atomic E-state index is 11.6. The SMILES string of the molecule is O=c1c(Cl)c[nH]cc1NSc1cc(Cl)cc(Cl)c1. The van der Waals surface area contributed by atoms with Gasteiger partial charge in [-0.15, -0.1) is 0 Å². The number of anilines is 1. The summed E-state index contributed by atoms with van der Waals surface area (Å²) in [6, 6.07) is 5.12. The first-order valence-corrected chi connectivity index (χ1v) is 6.77. The van der Waals surface area contributed by atoms with Crippen LogP contribution < -0.4 is 10.2 Å². The Balaban J connectivity index is 2.16. The molecule has 1 aromatic heterocycles. The molecule has 0 unspecified atom stereocenters. The van der Waals surface area contributed by atoms with Crippen LogP contribution in [0.2, 0.25) is 15.1 Å². The molecule has 0 spiro atoms. The van der Waals surface area contributed by atoms with E-state index in [2.05, 4.69) is 9.71 Å². The largest absolute Gasteiger partial charge is 0.364 e. The van der Waals surface area contributed by atoms with Gasteiger partial charge in [0.25, 0.3) is 0 Å². The van der Waals surface area contributed by atoms with Gasteiger partial charge in [0.1, 0.15) is 10.7 Å². The van der Waals surface area contributed by atoms with E-state index in [9.17, 15) is 4.79 Å². The maximum atomic E-state index is 11.6. The second-order valence-electron chi connectivity index (χ2n) is 3.36. The summed E-state index contributed by atoms with van der Waals surface area (Å²) >= 11 is 18.7. The molecule has 0 saturated carbocycles. The Bertz CT molecular complexity index is 610. The number of halogens is 3. The van der Waals surface area contributed by atoms with E-state index < -0.39 is 0 Å². The third-order valence-corrected chi connectivity index (χ3v) is 3.52. The molecule has 3 nitrogen and oxygen atoms in total. The predicted molar refractivity (Wildman–Crippen MR) is 78.0 cm³/mol. The number of nitrogens with one attached hydrogen (secondary N) is 2. The fraction of sp³-hybridized carbons (Fsp3) is 0. The summed E-state index contributed by atoms with van der Waals surface area (Å²) in [6.07, 6.45) is 2.96. The molecule has 7 heteroatoms. The number of pyridine rings is 1. The molecule has 0 aliphatic rings. The number of benzene rings is 1. The second-order valence-corrected chi connectivity index (χ2v) is 5.52. The Morgan fingerprint density at radius 2 is 1.72 bits per heavy atom. The third-order valence-electron chi connectivity index (χ3n) is 2.01. The first-order valence-electron chi connectivity index (χ1n) is 4.82. The van der Waals surface area contributed by atoms with Crippen molar-refractivity contribution in [3.05, 3.63) is 55.9 Å². The molecule has 2 N–H and O–H groups in total. The molecule has 0 radical (unpaired) electrons. The summed E-state index contributed by atoms with van der Waals surface area (Å²) in [6.45, 7) is 0. The molecule has 1 heterocycles. The van der Waals surface area contributed by atoms with Crippen molar-refractivity contribution in [3.8, 4) is 0 Å². The highest BCUT2D eigenvalue weighted by Crippen LogP contribution is 2.26. The van der Waals surface area contributed by atoms with Crippen molar-refractivity contribution in [2.75, 3.05) is 4.72 Å². The molecule has 2 aromatic rings. The van der Waals surface area contributed by atoms with E-state index in [0.29, 0.717) is 15.7 Å². The normalized spacial score (nSPS) is 10.4. The van der Waals surface area contributed by atoms with Crippen LogP contribution in [0.15, 0.2) is 40.3 Å². The molecule has 1 aromatic carbocycles. The van der Waals surface area contributed by atoms with Crippen molar-refractivity contribution in [1.82, 2.24) is 4.98 Å². The molecule has 18 heavy (non-hydrogen) atoms. The Kier molecular flexibility index (Phi) is 4.45. The lowest BCUT2D eigenvalue weighted by Gasteiger charge is -2.05. The minimum absolute atomic E-state index is 0.129. The lowest BCUT2D eigenvalue weighted by molar-refractivity contribution is 1.31. The summed E-state index contributed by atoms with van der Waals surface area (Å²) in [5.74, 6) is 0. The fourth-order valence-corrected chi connectivity index (χ4v) is 2.81. The highest BCUT2D eigenvalue weighted by molar-refractivity contribution is 8.00. The number of hydrogen-bond donors (Lipinski definition) is 2. The van der Waals surface area contributed by atoms with E-state index in [1.165, 1.54) is 24.3 Å². The van der Waals surface area contributed by atoms with E-state index in [1.807, 2.05) is 0 Å². The Hall–Kier alpha value is -0.810. The van der Waals surface area contributed by atoms with Crippen LogP contribution in [0.5, 0.6) is 0 Å². The lowest BCUT2D eigenvalue weighted by atomic mass is 10.4. The van der Waals surface area contributed by atoms with Gasteiger partial charge in [-0.05, 0) is 30.1 Å². The summed E-state index contributed by atoms with van der Waals surface area (Å²) in [5.41, 5.74) is 0.0969. The first kappa shape index (κ1) is 13.6.